The molecule has 3 aliphatic rings. The van der Waals surface area contributed by atoms with Crippen LogP contribution in [0.25, 0.3) is 11.1 Å². The third-order valence-electron chi connectivity index (χ3n) is 9.33. The third-order valence-corrected chi connectivity index (χ3v) is 13.5. The van der Waals surface area contributed by atoms with E-state index in [0.29, 0.717) is 75.4 Å². The number of hydrogen-bond acceptors (Lipinski definition) is 10. The van der Waals surface area contributed by atoms with Crippen molar-refractivity contribution in [3.8, 4) is 22.6 Å². The first-order valence-electron chi connectivity index (χ1n) is 16.0. The molecule has 2 atom stereocenters. The number of para-hydroxylation sites is 1. The maximum absolute atomic E-state index is 13.9. The summed E-state index contributed by atoms with van der Waals surface area (Å²) in [6.07, 6.45) is 2.38. The normalized spacial score (nSPS) is 20.7. The number of ether oxygens (including phenoxy) is 3. The lowest BCUT2D eigenvalue weighted by atomic mass is 9.88. The maximum atomic E-state index is 13.9. The number of rotatable bonds is 13. The van der Waals surface area contributed by atoms with Gasteiger partial charge in [-0.3, -0.25) is 0 Å². The molecule has 1 saturated carbocycles. The highest BCUT2D eigenvalue weighted by Gasteiger charge is 2.45. The summed E-state index contributed by atoms with van der Waals surface area (Å²) < 4.78 is 71.9. The first-order chi connectivity index (χ1) is 22.5. The fourth-order valence-corrected chi connectivity index (χ4v) is 9.75. The average Bonchev–Trinajstić information content (AvgIpc) is 3.89. The van der Waals surface area contributed by atoms with Crippen LogP contribution in [-0.2, 0) is 31.1 Å². The smallest absolute Gasteiger partial charge is 0.246 e. The van der Waals surface area contributed by atoms with Gasteiger partial charge in [0.25, 0.3) is 0 Å². The number of sulfone groups is 1. The van der Waals surface area contributed by atoms with Gasteiger partial charge < -0.3 is 30.4 Å². The fraction of sp³-hybridized carbons (Fsp3) is 0.471. The van der Waals surface area contributed by atoms with E-state index in [9.17, 15) is 21.9 Å². The van der Waals surface area contributed by atoms with Crippen LogP contribution in [-0.4, -0.2) is 89.2 Å². The van der Waals surface area contributed by atoms with E-state index in [-0.39, 0.29) is 34.2 Å². The zero-order valence-electron chi connectivity index (χ0n) is 26.5. The van der Waals surface area contributed by atoms with Crippen LogP contribution in [0.5, 0.6) is 11.5 Å². The number of sulfonamides is 1. The topological polar surface area (TPSA) is 157 Å². The minimum Gasteiger partial charge on any atom is -0.495 e. The summed E-state index contributed by atoms with van der Waals surface area (Å²) in [4.78, 5) is 0.384. The molecule has 3 aromatic carbocycles. The lowest BCUT2D eigenvalue weighted by Gasteiger charge is -2.38. The molecule has 1 spiro atoms. The van der Waals surface area contributed by atoms with E-state index in [1.165, 1.54) is 17.5 Å². The van der Waals surface area contributed by atoms with E-state index in [1.807, 2.05) is 30.3 Å². The summed E-state index contributed by atoms with van der Waals surface area (Å²) in [5.41, 5.74) is 7.82. The SMILES string of the molecule is COc1c(-c2ccc(CN)cc2)cccc1S(=O)(=O)N1CCC2(CC1)C[C@H](NC[C@H](O)COc1cccc(S(=O)(=O)C3CC3)c1)CO2. The Bertz CT molecular complexity index is 1770. The molecule has 47 heavy (non-hydrogen) atoms. The molecule has 0 radical (unpaired) electrons. The van der Waals surface area contributed by atoms with E-state index in [0.717, 1.165) is 11.1 Å². The summed E-state index contributed by atoms with van der Waals surface area (Å²) in [5, 5.41) is 13.6. The largest absolute Gasteiger partial charge is 0.495 e. The highest BCUT2D eigenvalue weighted by molar-refractivity contribution is 7.92. The second kappa shape index (κ2) is 13.8. The molecular weight excluding hydrogens is 643 g/mol. The van der Waals surface area contributed by atoms with Crippen molar-refractivity contribution in [1.29, 1.82) is 0 Å². The van der Waals surface area contributed by atoms with Crippen molar-refractivity contribution in [2.45, 2.75) is 71.4 Å². The maximum Gasteiger partial charge on any atom is 0.246 e. The molecule has 11 nitrogen and oxygen atoms in total. The van der Waals surface area contributed by atoms with Crippen molar-refractivity contribution in [1.82, 2.24) is 9.62 Å². The second-order valence-corrected chi connectivity index (χ2v) is 16.8. The van der Waals surface area contributed by atoms with Crippen molar-refractivity contribution >= 4 is 19.9 Å². The molecule has 0 amide bonds. The first kappa shape index (κ1) is 33.8. The first-order valence-corrected chi connectivity index (χ1v) is 19.0. The Morgan fingerprint density at radius 3 is 2.45 bits per heavy atom. The lowest BCUT2D eigenvalue weighted by Crippen LogP contribution is -2.47. The van der Waals surface area contributed by atoms with Gasteiger partial charge in [0.05, 0.1) is 29.5 Å². The molecule has 3 fully saturated rings. The molecule has 6 rings (SSSR count). The van der Waals surface area contributed by atoms with Crippen molar-refractivity contribution in [2.24, 2.45) is 5.73 Å². The van der Waals surface area contributed by atoms with Gasteiger partial charge in [-0.25, -0.2) is 16.8 Å². The van der Waals surface area contributed by atoms with Crippen LogP contribution in [0.3, 0.4) is 0 Å². The van der Waals surface area contributed by atoms with Gasteiger partial charge in [0.1, 0.15) is 29.1 Å². The van der Waals surface area contributed by atoms with Crippen molar-refractivity contribution in [2.75, 3.05) is 40.0 Å². The monoisotopic (exact) mass is 685 g/mol. The fourth-order valence-electron chi connectivity index (χ4n) is 6.44. The van der Waals surface area contributed by atoms with Gasteiger partial charge in [-0.2, -0.15) is 4.31 Å². The highest BCUT2D eigenvalue weighted by Crippen LogP contribution is 2.41. The van der Waals surface area contributed by atoms with Crippen molar-refractivity contribution in [3.05, 3.63) is 72.3 Å². The molecule has 0 bridgehead atoms. The van der Waals surface area contributed by atoms with Crippen LogP contribution in [0.4, 0.5) is 0 Å². The Balaban J connectivity index is 1.01. The minimum atomic E-state index is -3.83. The van der Waals surface area contributed by atoms with Crippen LogP contribution in [0.1, 0.15) is 37.7 Å². The van der Waals surface area contributed by atoms with Gasteiger partial charge in [0, 0.05) is 37.8 Å². The van der Waals surface area contributed by atoms with Crippen LogP contribution in [0, 0.1) is 0 Å². The van der Waals surface area contributed by atoms with Crippen LogP contribution < -0.4 is 20.5 Å². The van der Waals surface area contributed by atoms with Gasteiger partial charge >= 0.3 is 0 Å². The van der Waals surface area contributed by atoms with Crippen LogP contribution in [0.15, 0.2) is 76.5 Å². The number of aliphatic hydroxyl groups excluding tert-OH is 1. The molecule has 0 unspecified atom stereocenters. The Morgan fingerprint density at radius 1 is 1.04 bits per heavy atom. The molecule has 0 aromatic heterocycles. The molecule has 254 valence electrons. The molecular formula is C34H43N3O8S2. The van der Waals surface area contributed by atoms with Gasteiger partial charge in [-0.15, -0.1) is 0 Å². The molecule has 3 aromatic rings. The Morgan fingerprint density at radius 2 is 1.77 bits per heavy atom. The quantitative estimate of drug-likeness (QED) is 0.244. The second-order valence-electron chi connectivity index (χ2n) is 12.6. The number of piperidine rings is 1. The average molecular weight is 686 g/mol. The van der Waals surface area contributed by atoms with Crippen LogP contribution in [0.2, 0.25) is 0 Å². The summed E-state index contributed by atoms with van der Waals surface area (Å²) >= 11 is 0. The van der Waals surface area contributed by atoms with E-state index in [2.05, 4.69) is 5.32 Å². The number of aliphatic hydroxyl groups is 1. The standard InChI is InChI=1S/C34H43N3O8S2/c1-43-33-31(25-10-8-24(20-35)9-11-25)6-3-7-32(33)47(41,42)37-16-14-34(15-17-37)19-26(22-45-34)36-21-27(38)23-44-28-4-2-5-30(18-28)46(39,40)29-12-13-29/h2-11,18,26-27,29,36,38H,12-17,19-23,35H2,1H3/t26-,27-/m0/s1. The zero-order chi connectivity index (χ0) is 33.2. The predicted molar refractivity (Wildman–Crippen MR) is 178 cm³/mol. The minimum absolute atomic E-state index is 0.00209. The van der Waals surface area contributed by atoms with Crippen molar-refractivity contribution in [3.63, 3.8) is 0 Å². The molecule has 2 saturated heterocycles. The molecule has 13 heteroatoms. The summed E-state index contributed by atoms with van der Waals surface area (Å²) in [6, 6.07) is 19.3. The number of nitrogens with one attached hydrogen (secondary N) is 1. The van der Waals surface area contributed by atoms with Gasteiger partial charge in [-0.05, 0) is 67.5 Å². The van der Waals surface area contributed by atoms with Crippen molar-refractivity contribution < 1.29 is 36.2 Å². The number of hydrogen-bond donors (Lipinski definition) is 3. The van der Waals surface area contributed by atoms with Crippen LogP contribution >= 0.6 is 0 Å². The Labute approximate surface area is 277 Å². The summed E-state index contributed by atoms with van der Waals surface area (Å²) in [6.45, 7) is 1.80. The highest BCUT2D eigenvalue weighted by atomic mass is 32.2. The number of nitrogens with zero attached hydrogens (tertiary/aromatic N) is 1. The van der Waals surface area contributed by atoms with E-state index < -0.39 is 31.6 Å². The zero-order valence-corrected chi connectivity index (χ0v) is 28.1. The van der Waals surface area contributed by atoms with E-state index in [1.54, 1.807) is 30.3 Å². The number of methoxy groups -OCH3 is 1. The number of nitrogens with two attached hydrogens (primary N) is 1. The number of benzene rings is 3. The molecule has 2 heterocycles. The Hall–Kier alpha value is -3.04. The Kier molecular flexibility index (Phi) is 9.96. The van der Waals surface area contributed by atoms with E-state index in [4.69, 9.17) is 19.9 Å². The van der Waals surface area contributed by atoms with Gasteiger partial charge in [0.15, 0.2) is 9.84 Å². The van der Waals surface area contributed by atoms with Gasteiger partial charge in [0.2, 0.25) is 10.0 Å². The molecule has 1 aliphatic carbocycles. The third kappa shape index (κ3) is 7.36. The summed E-state index contributed by atoms with van der Waals surface area (Å²) in [5.74, 6) is 0.717. The molecule has 4 N–H and O–H groups in total. The summed E-state index contributed by atoms with van der Waals surface area (Å²) in [7, 11) is -5.67. The lowest BCUT2D eigenvalue weighted by molar-refractivity contribution is -0.0312. The molecule has 2 aliphatic heterocycles. The van der Waals surface area contributed by atoms with Gasteiger partial charge in [-0.1, -0.05) is 42.5 Å². The van der Waals surface area contributed by atoms with E-state index >= 15 is 0 Å². The predicted octanol–water partition coefficient (Wildman–Crippen LogP) is 3.10.